The Labute approximate surface area is 100 Å². The minimum atomic E-state index is 0.511. The fourth-order valence-electron chi connectivity index (χ4n) is 1.29. The van der Waals surface area contributed by atoms with Crippen molar-refractivity contribution < 1.29 is 0 Å². The van der Waals surface area contributed by atoms with Crippen LogP contribution < -0.4 is 0 Å². The van der Waals surface area contributed by atoms with Crippen molar-refractivity contribution >= 4 is 24.4 Å². The molecule has 86 valence electrons. The fourth-order valence-corrected chi connectivity index (χ4v) is 3.06. The molecule has 0 heterocycles. The molecule has 0 radical (unpaired) electrons. The summed E-state index contributed by atoms with van der Waals surface area (Å²) in [6, 6.07) is 0. The van der Waals surface area contributed by atoms with Crippen molar-refractivity contribution in [1.82, 2.24) is 0 Å². The van der Waals surface area contributed by atoms with E-state index in [0.29, 0.717) is 10.7 Å². The first-order chi connectivity index (χ1) is 6.37. The first-order valence-electron chi connectivity index (χ1n) is 5.63. The lowest BCUT2D eigenvalue weighted by atomic mass is 9.93. The lowest BCUT2D eigenvalue weighted by Gasteiger charge is -2.23. The van der Waals surface area contributed by atoms with Gasteiger partial charge in [-0.15, -0.1) is 0 Å². The van der Waals surface area contributed by atoms with Gasteiger partial charge in [-0.05, 0) is 34.5 Å². The van der Waals surface area contributed by atoms with Crippen LogP contribution in [0.1, 0.15) is 47.5 Å². The number of hydrogen-bond acceptors (Lipinski definition) is 2. The zero-order valence-electron chi connectivity index (χ0n) is 10.3. The third kappa shape index (κ3) is 8.05. The molecule has 0 rings (SSSR count). The normalized spacial score (nSPS) is 16.7. The fraction of sp³-hybridized carbons (Fsp3) is 1.00. The van der Waals surface area contributed by atoms with Gasteiger partial charge in [-0.1, -0.05) is 41.0 Å². The van der Waals surface area contributed by atoms with E-state index in [1.165, 1.54) is 24.3 Å². The smallest absolute Gasteiger partial charge is 0.000876 e. The number of thioether (sulfide) groups is 1. The van der Waals surface area contributed by atoms with Gasteiger partial charge in [0.25, 0.3) is 0 Å². The van der Waals surface area contributed by atoms with Crippen LogP contribution in [0.5, 0.6) is 0 Å². The molecular weight excluding hydrogens is 208 g/mol. The summed E-state index contributed by atoms with van der Waals surface area (Å²) in [5.41, 5.74) is 0.511. The predicted octanol–water partition coefficient (Wildman–Crippen LogP) is 4.50. The molecule has 2 atom stereocenters. The molecule has 14 heavy (non-hydrogen) atoms. The molecule has 0 aromatic heterocycles. The lowest BCUT2D eigenvalue weighted by molar-refractivity contribution is 0.407. The van der Waals surface area contributed by atoms with Crippen LogP contribution in [0.25, 0.3) is 0 Å². The van der Waals surface area contributed by atoms with Crippen molar-refractivity contribution in [2.75, 3.05) is 11.5 Å². The summed E-state index contributed by atoms with van der Waals surface area (Å²) >= 11 is 6.53. The van der Waals surface area contributed by atoms with E-state index in [1.54, 1.807) is 0 Å². The molecule has 0 saturated heterocycles. The van der Waals surface area contributed by atoms with Gasteiger partial charge in [0.15, 0.2) is 0 Å². The molecule has 0 aliphatic rings. The Kier molecular flexibility index (Phi) is 7.41. The number of hydrogen-bond donors (Lipinski definition) is 1. The summed E-state index contributed by atoms with van der Waals surface area (Å²) in [4.78, 5) is 0. The van der Waals surface area contributed by atoms with Crippen LogP contribution in [0.15, 0.2) is 0 Å². The van der Waals surface area contributed by atoms with Crippen LogP contribution in [-0.2, 0) is 0 Å². The van der Waals surface area contributed by atoms with Gasteiger partial charge in [0.2, 0.25) is 0 Å². The molecular formula is C12H26S2. The van der Waals surface area contributed by atoms with Crippen molar-refractivity contribution in [3.63, 3.8) is 0 Å². The molecule has 0 aliphatic heterocycles. The van der Waals surface area contributed by atoms with Gasteiger partial charge in [0.1, 0.15) is 0 Å². The Balaban J connectivity index is 3.53. The zero-order valence-corrected chi connectivity index (χ0v) is 12.0. The highest BCUT2D eigenvalue weighted by atomic mass is 32.2. The van der Waals surface area contributed by atoms with Gasteiger partial charge < -0.3 is 0 Å². The second-order valence-corrected chi connectivity index (χ2v) is 7.13. The quantitative estimate of drug-likeness (QED) is 0.633. The molecule has 0 nitrogen and oxygen atoms in total. The second-order valence-electron chi connectivity index (χ2n) is 5.22. The van der Waals surface area contributed by atoms with Crippen LogP contribution >= 0.6 is 24.4 Å². The maximum Gasteiger partial charge on any atom is -0.000876 e. The predicted molar refractivity (Wildman–Crippen MR) is 73.6 cm³/mol. The van der Waals surface area contributed by atoms with Crippen molar-refractivity contribution in [3.8, 4) is 0 Å². The molecule has 0 amide bonds. The van der Waals surface area contributed by atoms with E-state index >= 15 is 0 Å². The third-order valence-electron chi connectivity index (χ3n) is 2.60. The first-order valence-corrected chi connectivity index (χ1v) is 7.30. The molecule has 0 aromatic rings. The minimum Gasteiger partial charge on any atom is -0.176 e. The molecule has 0 fully saturated rings. The Bertz CT molecular complexity index is 141. The molecule has 2 heteroatoms. The van der Waals surface area contributed by atoms with E-state index in [4.69, 9.17) is 0 Å². The molecule has 0 N–H and O–H groups in total. The van der Waals surface area contributed by atoms with Crippen molar-refractivity contribution in [2.45, 2.75) is 52.7 Å². The summed E-state index contributed by atoms with van der Waals surface area (Å²) in [5.74, 6) is 3.38. The summed E-state index contributed by atoms with van der Waals surface area (Å²) in [6.45, 7) is 11.5. The maximum absolute atomic E-state index is 4.43. The first kappa shape index (κ1) is 14.7. The highest BCUT2D eigenvalue weighted by molar-refractivity contribution is 7.99. The summed E-state index contributed by atoms with van der Waals surface area (Å²) in [7, 11) is 0. The van der Waals surface area contributed by atoms with E-state index in [0.717, 1.165) is 5.92 Å². The SMILES string of the molecule is CCC(C)(C)CSCC(C)CC(C)S. The highest BCUT2D eigenvalue weighted by Gasteiger charge is 2.15. The van der Waals surface area contributed by atoms with Gasteiger partial charge >= 0.3 is 0 Å². The van der Waals surface area contributed by atoms with E-state index in [1.807, 2.05) is 0 Å². The van der Waals surface area contributed by atoms with Crippen LogP contribution in [-0.4, -0.2) is 16.8 Å². The standard InChI is InChI=1S/C12H26S2/c1-6-12(4,5)9-14-8-10(2)7-11(3)13/h10-11,13H,6-9H2,1-5H3. The molecule has 0 spiro atoms. The molecule has 0 saturated carbocycles. The monoisotopic (exact) mass is 234 g/mol. The number of thiol groups is 1. The average molecular weight is 234 g/mol. The topological polar surface area (TPSA) is 0 Å². The van der Waals surface area contributed by atoms with Crippen molar-refractivity contribution in [1.29, 1.82) is 0 Å². The second kappa shape index (κ2) is 7.05. The largest absolute Gasteiger partial charge is 0.176 e. The summed E-state index contributed by atoms with van der Waals surface area (Å²) < 4.78 is 0. The molecule has 0 aliphatic carbocycles. The van der Waals surface area contributed by atoms with Crippen molar-refractivity contribution in [2.24, 2.45) is 11.3 Å². The molecule has 0 aromatic carbocycles. The van der Waals surface area contributed by atoms with Crippen molar-refractivity contribution in [3.05, 3.63) is 0 Å². The Hall–Kier alpha value is 0.700. The van der Waals surface area contributed by atoms with Gasteiger partial charge in [-0.3, -0.25) is 0 Å². The number of rotatable bonds is 7. The lowest BCUT2D eigenvalue weighted by Crippen LogP contribution is -2.14. The van der Waals surface area contributed by atoms with Gasteiger partial charge in [0, 0.05) is 0 Å². The Morgan fingerprint density at radius 3 is 2.29 bits per heavy atom. The van der Waals surface area contributed by atoms with Crippen LogP contribution in [0.2, 0.25) is 0 Å². The van der Waals surface area contributed by atoms with Crippen LogP contribution in [0.3, 0.4) is 0 Å². The van der Waals surface area contributed by atoms with E-state index in [9.17, 15) is 0 Å². The minimum absolute atomic E-state index is 0.511. The Morgan fingerprint density at radius 1 is 1.29 bits per heavy atom. The zero-order chi connectivity index (χ0) is 11.2. The maximum atomic E-state index is 4.43. The van der Waals surface area contributed by atoms with E-state index in [-0.39, 0.29) is 0 Å². The third-order valence-corrected chi connectivity index (χ3v) is 4.60. The van der Waals surface area contributed by atoms with Crippen LogP contribution in [0.4, 0.5) is 0 Å². The van der Waals surface area contributed by atoms with Gasteiger partial charge in [0.05, 0.1) is 0 Å². The average Bonchev–Trinajstić information content (AvgIpc) is 2.02. The van der Waals surface area contributed by atoms with Gasteiger partial charge in [-0.2, -0.15) is 24.4 Å². The van der Waals surface area contributed by atoms with E-state index in [2.05, 4.69) is 59.0 Å². The highest BCUT2D eigenvalue weighted by Crippen LogP contribution is 2.27. The summed E-state index contributed by atoms with van der Waals surface area (Å²) in [6.07, 6.45) is 2.51. The summed E-state index contributed by atoms with van der Waals surface area (Å²) in [5, 5.41) is 0.546. The Morgan fingerprint density at radius 2 is 1.86 bits per heavy atom. The van der Waals surface area contributed by atoms with Crippen LogP contribution in [0, 0.1) is 11.3 Å². The molecule has 2 unspecified atom stereocenters. The molecule has 0 bridgehead atoms. The van der Waals surface area contributed by atoms with E-state index < -0.39 is 0 Å². The van der Waals surface area contributed by atoms with Gasteiger partial charge in [-0.25, -0.2) is 0 Å².